The second-order valence-corrected chi connectivity index (χ2v) is 6.13. The van der Waals surface area contributed by atoms with Crippen LogP contribution in [0.5, 0.6) is 5.75 Å². The second-order valence-electron chi connectivity index (χ2n) is 6.13. The molecule has 1 N–H and O–H groups in total. The average molecular weight is 344 g/mol. The Bertz CT molecular complexity index is 801. The van der Waals surface area contributed by atoms with Crippen molar-refractivity contribution < 1.29 is 14.6 Å². The average Bonchev–Trinajstić information content (AvgIpc) is 3.01. The molecule has 0 aliphatic carbocycles. The number of aliphatic carboxylic acids is 1. The lowest BCUT2D eigenvalue weighted by atomic mass is 9.88. The van der Waals surface area contributed by atoms with Crippen LogP contribution in [0.2, 0.25) is 0 Å². The van der Waals surface area contributed by atoms with Gasteiger partial charge in [0.2, 0.25) is 0 Å². The van der Waals surface area contributed by atoms with Crippen molar-refractivity contribution in [3.05, 3.63) is 29.8 Å². The van der Waals surface area contributed by atoms with E-state index >= 15 is 0 Å². The summed E-state index contributed by atoms with van der Waals surface area (Å²) in [5.74, 6) is -0.926. The minimum absolute atomic E-state index is 0.295. The number of ether oxygens (including phenoxy) is 1. The monoisotopic (exact) mass is 344 g/mol. The highest BCUT2D eigenvalue weighted by Crippen LogP contribution is 2.38. The molecule has 2 unspecified atom stereocenters. The maximum absolute atomic E-state index is 11.9. The maximum atomic E-state index is 11.9. The van der Waals surface area contributed by atoms with Crippen LogP contribution >= 0.6 is 0 Å². The highest BCUT2D eigenvalue weighted by Gasteiger charge is 2.40. The first kappa shape index (κ1) is 17.0. The number of likely N-dealkylation sites (N-methyl/N-ethyl adjacent to an activating group) is 1. The first-order valence-corrected chi connectivity index (χ1v) is 7.91. The highest BCUT2D eigenvalue weighted by molar-refractivity contribution is 6.02. The molecule has 1 aliphatic heterocycles. The molecule has 0 bridgehead atoms. The van der Waals surface area contributed by atoms with Gasteiger partial charge in [0.05, 0.1) is 0 Å². The van der Waals surface area contributed by atoms with Crippen molar-refractivity contribution in [3.63, 3.8) is 0 Å². The van der Waals surface area contributed by atoms with Gasteiger partial charge in [-0.15, -0.1) is 0 Å². The van der Waals surface area contributed by atoms with E-state index in [1.54, 1.807) is 6.92 Å². The Labute approximate surface area is 144 Å². The number of aromatic nitrogens is 4. The first-order valence-electron chi connectivity index (χ1n) is 7.91. The number of para-hydroxylation sites is 1. The van der Waals surface area contributed by atoms with Crippen molar-refractivity contribution in [1.82, 2.24) is 25.1 Å². The second kappa shape index (κ2) is 6.98. The van der Waals surface area contributed by atoms with Crippen molar-refractivity contribution >= 4 is 17.6 Å². The quantitative estimate of drug-likeness (QED) is 0.833. The van der Waals surface area contributed by atoms with Gasteiger partial charge in [-0.25, -0.2) is 9.67 Å². The summed E-state index contributed by atoms with van der Waals surface area (Å²) in [6.45, 7) is 2.92. The van der Waals surface area contributed by atoms with E-state index in [-0.39, 0.29) is 0 Å². The molecule has 132 valence electrons. The van der Waals surface area contributed by atoms with Gasteiger partial charge in [0, 0.05) is 17.8 Å². The lowest BCUT2D eigenvalue weighted by Crippen LogP contribution is -2.36. The van der Waals surface area contributed by atoms with Crippen LogP contribution in [-0.4, -0.2) is 69.1 Å². The number of tetrazole rings is 1. The molecule has 9 nitrogen and oxygen atoms in total. The van der Waals surface area contributed by atoms with Gasteiger partial charge in [-0.05, 0) is 37.5 Å². The molecule has 0 saturated carbocycles. The number of aliphatic imine (C=N–C) groups is 1. The highest BCUT2D eigenvalue weighted by atomic mass is 16.5. The number of carboxylic acid groups (broad SMARTS) is 1. The minimum Gasteiger partial charge on any atom is -0.492 e. The molecule has 0 amide bonds. The number of rotatable bonds is 6. The Morgan fingerprint density at radius 1 is 1.36 bits per heavy atom. The molecule has 3 rings (SSSR count). The molecule has 1 aromatic carbocycles. The fraction of sp³-hybridized carbons (Fsp3) is 0.438. The molecular weight excluding hydrogens is 324 g/mol. The Morgan fingerprint density at radius 3 is 2.84 bits per heavy atom. The Balaban J connectivity index is 2.02. The topological polar surface area (TPSA) is 106 Å². The summed E-state index contributed by atoms with van der Waals surface area (Å²) in [6, 6.07) is 6.76. The van der Waals surface area contributed by atoms with Gasteiger partial charge in [-0.3, -0.25) is 4.79 Å². The van der Waals surface area contributed by atoms with E-state index in [1.165, 1.54) is 4.68 Å². The molecular formula is C16H20N6O3. The summed E-state index contributed by atoms with van der Waals surface area (Å²) in [4.78, 5) is 18.1. The Morgan fingerprint density at radius 2 is 2.12 bits per heavy atom. The van der Waals surface area contributed by atoms with E-state index in [2.05, 4.69) is 20.5 Å². The number of hydrogen-bond donors (Lipinski definition) is 1. The van der Waals surface area contributed by atoms with Crippen molar-refractivity contribution in [2.75, 3.05) is 27.2 Å². The van der Waals surface area contributed by atoms with Crippen LogP contribution < -0.4 is 4.74 Å². The largest absolute Gasteiger partial charge is 0.492 e. The normalized spacial score (nSPS) is 19.4. The van der Waals surface area contributed by atoms with Crippen LogP contribution in [0.15, 0.2) is 29.3 Å². The van der Waals surface area contributed by atoms with Gasteiger partial charge >= 0.3 is 5.97 Å². The van der Waals surface area contributed by atoms with Gasteiger partial charge in [-0.2, -0.15) is 0 Å². The van der Waals surface area contributed by atoms with Crippen molar-refractivity contribution in [2.24, 2.45) is 10.9 Å². The lowest BCUT2D eigenvalue weighted by molar-refractivity contribution is -0.140. The zero-order chi connectivity index (χ0) is 18.0. The fourth-order valence-electron chi connectivity index (χ4n) is 2.86. The molecule has 0 saturated heterocycles. The molecule has 1 aromatic heterocycles. The fourth-order valence-corrected chi connectivity index (χ4v) is 2.86. The van der Waals surface area contributed by atoms with Gasteiger partial charge in [0.25, 0.3) is 5.95 Å². The molecule has 2 atom stereocenters. The van der Waals surface area contributed by atoms with E-state index in [4.69, 9.17) is 4.74 Å². The predicted molar refractivity (Wildman–Crippen MR) is 90.3 cm³/mol. The summed E-state index contributed by atoms with van der Waals surface area (Å²) < 4.78 is 7.34. The summed E-state index contributed by atoms with van der Waals surface area (Å²) in [7, 11) is 3.92. The molecule has 0 radical (unpaired) electrons. The van der Waals surface area contributed by atoms with Crippen LogP contribution in [0.4, 0.5) is 5.95 Å². The number of nitrogens with zero attached hydrogens (tertiary/aromatic N) is 6. The first-order chi connectivity index (χ1) is 12.0. The van der Waals surface area contributed by atoms with E-state index in [9.17, 15) is 9.90 Å². The number of carbonyl (C=O) groups is 1. The zero-order valence-electron chi connectivity index (χ0n) is 14.3. The number of fused-ring (bicyclic) bond motifs is 1. The third-order valence-electron chi connectivity index (χ3n) is 4.08. The molecule has 0 spiro atoms. The smallest absolute Gasteiger partial charge is 0.314 e. The third-order valence-corrected chi connectivity index (χ3v) is 4.08. The number of benzene rings is 1. The van der Waals surface area contributed by atoms with Crippen molar-refractivity contribution in [1.29, 1.82) is 0 Å². The van der Waals surface area contributed by atoms with E-state index in [0.717, 1.165) is 12.1 Å². The van der Waals surface area contributed by atoms with Gasteiger partial charge in [0.15, 0.2) is 0 Å². The number of hydrogen-bond acceptors (Lipinski definition) is 7. The summed E-state index contributed by atoms with van der Waals surface area (Å²) >= 11 is 0. The lowest BCUT2D eigenvalue weighted by Gasteiger charge is -2.29. The summed E-state index contributed by atoms with van der Waals surface area (Å²) in [5, 5.41) is 21.2. The van der Waals surface area contributed by atoms with Gasteiger partial charge < -0.3 is 14.7 Å². The molecule has 25 heavy (non-hydrogen) atoms. The van der Waals surface area contributed by atoms with Crippen LogP contribution in [0.3, 0.4) is 0 Å². The van der Waals surface area contributed by atoms with E-state index < -0.39 is 17.9 Å². The summed E-state index contributed by atoms with van der Waals surface area (Å²) in [5.41, 5.74) is 1.18. The maximum Gasteiger partial charge on any atom is 0.314 e. The molecule has 0 fully saturated rings. The van der Waals surface area contributed by atoms with Crippen LogP contribution in [0.25, 0.3) is 0 Å². The van der Waals surface area contributed by atoms with Crippen LogP contribution in [-0.2, 0) is 4.79 Å². The molecule has 1 aliphatic rings. The Hall–Kier alpha value is -2.81. The molecule has 2 heterocycles. The predicted octanol–water partition coefficient (Wildman–Crippen LogP) is 1.01. The van der Waals surface area contributed by atoms with Crippen molar-refractivity contribution in [3.8, 4) is 5.75 Å². The van der Waals surface area contributed by atoms with Gasteiger partial charge in [-0.1, -0.05) is 23.3 Å². The minimum atomic E-state index is -0.976. The van der Waals surface area contributed by atoms with Crippen LogP contribution in [0.1, 0.15) is 18.5 Å². The van der Waals surface area contributed by atoms with Gasteiger partial charge in [0.1, 0.15) is 24.3 Å². The summed E-state index contributed by atoms with van der Waals surface area (Å²) in [6.07, 6.45) is 0. The Kier molecular flexibility index (Phi) is 4.75. The van der Waals surface area contributed by atoms with Crippen molar-refractivity contribution in [2.45, 2.75) is 13.0 Å². The zero-order valence-corrected chi connectivity index (χ0v) is 14.3. The SMILES string of the molecule is CC1=Nc2nnnn2C(c2ccccc2OCCN(C)C)C1C(=O)O. The molecule has 9 heteroatoms. The third kappa shape index (κ3) is 3.36. The van der Waals surface area contributed by atoms with E-state index in [0.29, 0.717) is 24.0 Å². The number of carboxylic acids is 1. The molecule has 2 aromatic rings. The standard InChI is InChI=1S/C16H20N6O3/c1-10-13(15(23)24)14(22-16(17-10)18-19-20-22)11-6-4-5-7-12(11)25-9-8-21(2)3/h4-7,13-14H,8-9H2,1-3H3,(H,23,24). The van der Waals surface area contributed by atoms with Crippen LogP contribution in [0, 0.1) is 5.92 Å². The van der Waals surface area contributed by atoms with E-state index in [1.807, 2.05) is 43.3 Å².